The van der Waals surface area contributed by atoms with E-state index < -0.39 is 0 Å². The maximum absolute atomic E-state index is 4.69. The highest BCUT2D eigenvalue weighted by atomic mass is 15.2. The summed E-state index contributed by atoms with van der Waals surface area (Å²) < 4.78 is 1.83. The standard InChI is InChI=1S/C15H22N6/c1-10-13(16-2)18-15(11-4-5-11)19-14(10)17-8-6-12-7-9-21(3)20-12/h7,9,11H,4-6,8H2,1-3H3,(H2,16,17,18,19). The van der Waals surface area contributed by atoms with E-state index >= 15 is 0 Å². The van der Waals surface area contributed by atoms with Crippen LogP contribution in [0.4, 0.5) is 11.6 Å². The zero-order valence-electron chi connectivity index (χ0n) is 12.8. The number of aryl methyl sites for hydroxylation is 1. The molecule has 0 atom stereocenters. The molecule has 3 rings (SSSR count). The van der Waals surface area contributed by atoms with Crippen molar-refractivity contribution in [1.29, 1.82) is 0 Å². The summed E-state index contributed by atoms with van der Waals surface area (Å²) in [6, 6.07) is 2.04. The smallest absolute Gasteiger partial charge is 0.136 e. The van der Waals surface area contributed by atoms with E-state index in [2.05, 4.69) is 20.7 Å². The SMILES string of the molecule is CNc1nc(C2CC2)nc(NCCc2ccn(C)n2)c1C. The average molecular weight is 286 g/mol. The van der Waals surface area contributed by atoms with E-state index in [0.717, 1.165) is 41.7 Å². The lowest BCUT2D eigenvalue weighted by Gasteiger charge is -2.13. The summed E-state index contributed by atoms with van der Waals surface area (Å²) in [5, 5.41) is 11.0. The largest absolute Gasteiger partial charge is 0.373 e. The third-order valence-electron chi connectivity index (χ3n) is 3.78. The Labute approximate surface area is 125 Å². The summed E-state index contributed by atoms with van der Waals surface area (Å²) in [5.41, 5.74) is 2.16. The topological polar surface area (TPSA) is 67.7 Å². The first-order valence-corrected chi connectivity index (χ1v) is 7.46. The number of nitrogens with zero attached hydrogens (tertiary/aromatic N) is 4. The third-order valence-corrected chi connectivity index (χ3v) is 3.78. The normalized spacial score (nSPS) is 14.2. The Morgan fingerprint density at radius 2 is 2.05 bits per heavy atom. The molecule has 0 amide bonds. The van der Waals surface area contributed by atoms with Crippen molar-refractivity contribution < 1.29 is 0 Å². The van der Waals surface area contributed by atoms with Gasteiger partial charge < -0.3 is 10.6 Å². The lowest BCUT2D eigenvalue weighted by atomic mass is 10.2. The molecule has 0 radical (unpaired) electrons. The molecule has 0 spiro atoms. The highest BCUT2D eigenvalue weighted by Crippen LogP contribution is 2.39. The highest BCUT2D eigenvalue weighted by Gasteiger charge is 2.28. The summed E-state index contributed by atoms with van der Waals surface area (Å²) in [5.74, 6) is 3.37. The molecule has 112 valence electrons. The van der Waals surface area contributed by atoms with Crippen LogP contribution in [-0.4, -0.2) is 33.3 Å². The van der Waals surface area contributed by atoms with Gasteiger partial charge in [-0.15, -0.1) is 0 Å². The molecule has 1 fully saturated rings. The molecular weight excluding hydrogens is 264 g/mol. The maximum atomic E-state index is 4.69. The third kappa shape index (κ3) is 3.15. The minimum absolute atomic E-state index is 0.550. The summed E-state index contributed by atoms with van der Waals surface area (Å²) >= 11 is 0. The number of aromatic nitrogens is 4. The van der Waals surface area contributed by atoms with Crippen LogP contribution in [0.3, 0.4) is 0 Å². The van der Waals surface area contributed by atoms with Crippen molar-refractivity contribution in [3.05, 3.63) is 29.3 Å². The molecule has 2 N–H and O–H groups in total. The molecule has 0 saturated heterocycles. The Balaban J connectivity index is 1.70. The number of hydrogen-bond donors (Lipinski definition) is 2. The second-order valence-corrected chi connectivity index (χ2v) is 5.59. The molecule has 1 saturated carbocycles. The molecule has 0 aliphatic heterocycles. The molecule has 0 unspecified atom stereocenters. The quantitative estimate of drug-likeness (QED) is 0.851. The van der Waals surface area contributed by atoms with E-state index in [0.29, 0.717) is 5.92 Å². The molecule has 2 aromatic rings. The predicted octanol–water partition coefficient (Wildman–Crippen LogP) is 2.09. The van der Waals surface area contributed by atoms with Crippen LogP contribution in [0.5, 0.6) is 0 Å². The molecular formula is C15H22N6. The Morgan fingerprint density at radius 1 is 1.29 bits per heavy atom. The van der Waals surface area contributed by atoms with Gasteiger partial charge in [0.2, 0.25) is 0 Å². The molecule has 2 heterocycles. The number of anilines is 2. The van der Waals surface area contributed by atoms with Crippen molar-refractivity contribution in [1.82, 2.24) is 19.7 Å². The molecule has 0 aromatic carbocycles. The van der Waals surface area contributed by atoms with Crippen molar-refractivity contribution in [3.63, 3.8) is 0 Å². The zero-order chi connectivity index (χ0) is 14.8. The fraction of sp³-hybridized carbons (Fsp3) is 0.533. The van der Waals surface area contributed by atoms with Crippen LogP contribution in [0, 0.1) is 6.92 Å². The lowest BCUT2D eigenvalue weighted by Crippen LogP contribution is -2.12. The van der Waals surface area contributed by atoms with Crippen molar-refractivity contribution in [2.24, 2.45) is 7.05 Å². The van der Waals surface area contributed by atoms with E-state index in [-0.39, 0.29) is 0 Å². The summed E-state index contributed by atoms with van der Waals surface area (Å²) in [4.78, 5) is 9.30. The zero-order valence-corrected chi connectivity index (χ0v) is 12.8. The van der Waals surface area contributed by atoms with Crippen LogP contribution in [0.1, 0.15) is 35.8 Å². The predicted molar refractivity (Wildman–Crippen MR) is 83.7 cm³/mol. The van der Waals surface area contributed by atoms with E-state index in [1.165, 1.54) is 12.8 Å². The van der Waals surface area contributed by atoms with Crippen molar-refractivity contribution in [2.75, 3.05) is 24.2 Å². The van der Waals surface area contributed by atoms with Crippen LogP contribution in [-0.2, 0) is 13.5 Å². The second kappa shape index (κ2) is 5.71. The second-order valence-electron chi connectivity index (χ2n) is 5.59. The molecule has 1 aliphatic carbocycles. The Hall–Kier alpha value is -2.11. The minimum atomic E-state index is 0.550. The van der Waals surface area contributed by atoms with Crippen molar-refractivity contribution >= 4 is 11.6 Å². The van der Waals surface area contributed by atoms with Crippen LogP contribution in [0.25, 0.3) is 0 Å². The van der Waals surface area contributed by atoms with E-state index in [9.17, 15) is 0 Å². The van der Waals surface area contributed by atoms with E-state index in [1.807, 2.05) is 38.0 Å². The van der Waals surface area contributed by atoms with Gasteiger partial charge in [-0.2, -0.15) is 5.10 Å². The first-order valence-electron chi connectivity index (χ1n) is 7.46. The molecule has 1 aliphatic rings. The van der Waals surface area contributed by atoms with E-state index in [1.54, 1.807) is 0 Å². The van der Waals surface area contributed by atoms with Gasteiger partial charge in [0.15, 0.2) is 0 Å². The average Bonchev–Trinajstić information content (AvgIpc) is 3.24. The summed E-state index contributed by atoms with van der Waals surface area (Å²) in [7, 11) is 3.84. The van der Waals surface area contributed by atoms with Crippen LogP contribution >= 0.6 is 0 Å². The van der Waals surface area contributed by atoms with Gasteiger partial charge in [-0.3, -0.25) is 4.68 Å². The first kappa shape index (κ1) is 13.9. The highest BCUT2D eigenvalue weighted by molar-refractivity contribution is 5.57. The van der Waals surface area contributed by atoms with Crippen molar-refractivity contribution in [2.45, 2.75) is 32.1 Å². The first-order chi connectivity index (χ1) is 10.2. The number of nitrogens with one attached hydrogen (secondary N) is 2. The Kier molecular flexibility index (Phi) is 3.77. The Bertz CT molecular complexity index is 629. The van der Waals surface area contributed by atoms with Gasteiger partial charge in [0.05, 0.1) is 5.69 Å². The van der Waals surface area contributed by atoms with Gasteiger partial charge in [0, 0.05) is 44.7 Å². The van der Waals surface area contributed by atoms with Gasteiger partial charge in [0.25, 0.3) is 0 Å². The molecule has 6 nitrogen and oxygen atoms in total. The van der Waals surface area contributed by atoms with Crippen LogP contribution in [0.2, 0.25) is 0 Å². The lowest BCUT2D eigenvalue weighted by molar-refractivity contribution is 0.741. The van der Waals surface area contributed by atoms with Gasteiger partial charge in [-0.25, -0.2) is 9.97 Å². The fourth-order valence-electron chi connectivity index (χ4n) is 2.38. The monoisotopic (exact) mass is 286 g/mol. The number of rotatable bonds is 6. The van der Waals surface area contributed by atoms with Gasteiger partial charge >= 0.3 is 0 Å². The fourth-order valence-corrected chi connectivity index (χ4v) is 2.38. The molecule has 0 bridgehead atoms. The minimum Gasteiger partial charge on any atom is -0.373 e. The maximum Gasteiger partial charge on any atom is 0.136 e. The van der Waals surface area contributed by atoms with Gasteiger partial charge in [-0.05, 0) is 25.8 Å². The van der Waals surface area contributed by atoms with Crippen molar-refractivity contribution in [3.8, 4) is 0 Å². The van der Waals surface area contributed by atoms with Gasteiger partial charge in [0.1, 0.15) is 17.5 Å². The number of hydrogen-bond acceptors (Lipinski definition) is 5. The van der Waals surface area contributed by atoms with Crippen LogP contribution < -0.4 is 10.6 Å². The molecule has 2 aromatic heterocycles. The summed E-state index contributed by atoms with van der Waals surface area (Å²) in [6.45, 7) is 2.87. The van der Waals surface area contributed by atoms with Gasteiger partial charge in [-0.1, -0.05) is 0 Å². The summed E-state index contributed by atoms with van der Waals surface area (Å²) in [6.07, 6.45) is 5.27. The van der Waals surface area contributed by atoms with Crippen LogP contribution in [0.15, 0.2) is 12.3 Å². The Morgan fingerprint density at radius 3 is 2.67 bits per heavy atom. The van der Waals surface area contributed by atoms with E-state index in [4.69, 9.17) is 4.98 Å². The molecule has 6 heteroatoms. The molecule has 21 heavy (non-hydrogen) atoms.